The van der Waals surface area contributed by atoms with Crippen molar-refractivity contribution in [3.8, 4) is 0 Å². The lowest BCUT2D eigenvalue weighted by Crippen LogP contribution is -2.34. The molecular formula is C14H21N3O. The van der Waals surface area contributed by atoms with Gasteiger partial charge in [0.2, 0.25) is 5.91 Å². The molecule has 1 aliphatic rings. The molecule has 1 saturated heterocycles. The van der Waals surface area contributed by atoms with Crippen LogP contribution >= 0.6 is 0 Å². The summed E-state index contributed by atoms with van der Waals surface area (Å²) in [6, 6.07) is 8.25. The number of amides is 1. The first-order valence-corrected chi connectivity index (χ1v) is 6.51. The van der Waals surface area contributed by atoms with Gasteiger partial charge < -0.3 is 15.5 Å². The summed E-state index contributed by atoms with van der Waals surface area (Å²) in [5.41, 5.74) is 8.17. The first-order valence-electron chi connectivity index (χ1n) is 6.51. The van der Waals surface area contributed by atoms with Gasteiger partial charge in [0.05, 0.1) is 0 Å². The lowest BCUT2D eigenvalue weighted by Gasteiger charge is -2.25. The van der Waals surface area contributed by atoms with Crippen molar-refractivity contribution >= 4 is 11.6 Å². The number of carbonyl (C=O) groups is 1. The van der Waals surface area contributed by atoms with Gasteiger partial charge in [-0.15, -0.1) is 0 Å². The van der Waals surface area contributed by atoms with Crippen molar-refractivity contribution in [2.75, 3.05) is 31.1 Å². The van der Waals surface area contributed by atoms with Crippen LogP contribution in [0, 0.1) is 0 Å². The molecule has 0 radical (unpaired) electrons. The molecule has 0 atom stereocenters. The van der Waals surface area contributed by atoms with E-state index in [4.69, 9.17) is 5.73 Å². The Balaban J connectivity index is 2.12. The highest BCUT2D eigenvalue weighted by atomic mass is 16.2. The summed E-state index contributed by atoms with van der Waals surface area (Å²) in [6.45, 7) is 5.73. The van der Waals surface area contributed by atoms with E-state index in [1.165, 1.54) is 11.3 Å². The van der Waals surface area contributed by atoms with E-state index in [1.807, 2.05) is 17.0 Å². The zero-order chi connectivity index (χ0) is 13.0. The molecule has 1 aromatic carbocycles. The van der Waals surface area contributed by atoms with Gasteiger partial charge in [-0.2, -0.15) is 0 Å². The minimum Gasteiger partial charge on any atom is -0.369 e. The Kier molecular flexibility index (Phi) is 4.20. The van der Waals surface area contributed by atoms with Crippen LogP contribution in [0.3, 0.4) is 0 Å². The highest BCUT2D eigenvalue weighted by molar-refractivity contribution is 5.73. The monoisotopic (exact) mass is 247 g/mol. The molecule has 1 heterocycles. The van der Waals surface area contributed by atoms with E-state index >= 15 is 0 Å². The molecule has 4 nitrogen and oxygen atoms in total. The van der Waals surface area contributed by atoms with Crippen molar-refractivity contribution in [3.05, 3.63) is 29.8 Å². The molecule has 0 bridgehead atoms. The molecule has 0 spiro atoms. The van der Waals surface area contributed by atoms with Crippen LogP contribution in [0.2, 0.25) is 0 Å². The van der Waals surface area contributed by atoms with Crippen LogP contribution in [0.1, 0.15) is 18.9 Å². The van der Waals surface area contributed by atoms with Crippen molar-refractivity contribution < 1.29 is 4.79 Å². The van der Waals surface area contributed by atoms with E-state index in [0.29, 0.717) is 6.54 Å². The molecule has 2 rings (SSSR count). The summed E-state index contributed by atoms with van der Waals surface area (Å²) >= 11 is 0. The Morgan fingerprint density at radius 3 is 2.72 bits per heavy atom. The van der Waals surface area contributed by atoms with Crippen LogP contribution in [0.5, 0.6) is 0 Å². The number of hydrogen-bond acceptors (Lipinski definition) is 3. The first kappa shape index (κ1) is 12.9. The lowest BCUT2D eigenvalue weighted by molar-refractivity contribution is -0.128. The van der Waals surface area contributed by atoms with Gasteiger partial charge >= 0.3 is 0 Å². The fraction of sp³-hybridized carbons (Fsp3) is 0.500. The SMILES string of the molecule is CC(=O)N1CCCN(c2ccccc2CN)CC1. The van der Waals surface area contributed by atoms with Gasteiger partial charge in [0.1, 0.15) is 0 Å². The summed E-state index contributed by atoms with van der Waals surface area (Å²) in [5.74, 6) is 0.170. The third kappa shape index (κ3) is 2.82. The molecule has 18 heavy (non-hydrogen) atoms. The fourth-order valence-corrected chi connectivity index (χ4v) is 2.47. The van der Waals surface area contributed by atoms with Gasteiger partial charge in [0.15, 0.2) is 0 Å². The van der Waals surface area contributed by atoms with Crippen molar-refractivity contribution in [1.29, 1.82) is 0 Å². The van der Waals surface area contributed by atoms with Gasteiger partial charge in [-0.1, -0.05) is 18.2 Å². The summed E-state index contributed by atoms with van der Waals surface area (Å²) in [4.78, 5) is 15.7. The van der Waals surface area contributed by atoms with Crippen LogP contribution in [0.25, 0.3) is 0 Å². The number of carbonyl (C=O) groups excluding carboxylic acids is 1. The number of benzene rings is 1. The van der Waals surface area contributed by atoms with Crippen LogP contribution < -0.4 is 10.6 Å². The average molecular weight is 247 g/mol. The van der Waals surface area contributed by atoms with Crippen LogP contribution in [0.15, 0.2) is 24.3 Å². The predicted molar refractivity (Wildman–Crippen MR) is 73.4 cm³/mol. The van der Waals surface area contributed by atoms with Crippen molar-refractivity contribution in [2.45, 2.75) is 19.9 Å². The minimum absolute atomic E-state index is 0.170. The first-order chi connectivity index (χ1) is 8.72. The molecule has 0 aliphatic carbocycles. The molecule has 98 valence electrons. The van der Waals surface area contributed by atoms with Gasteiger partial charge in [-0.25, -0.2) is 0 Å². The number of rotatable bonds is 2. The number of anilines is 1. The molecule has 1 aromatic rings. The number of para-hydroxylation sites is 1. The molecule has 1 amide bonds. The molecule has 1 aliphatic heterocycles. The largest absolute Gasteiger partial charge is 0.369 e. The maximum Gasteiger partial charge on any atom is 0.219 e. The van der Waals surface area contributed by atoms with Crippen molar-refractivity contribution in [3.63, 3.8) is 0 Å². The standard InChI is InChI=1S/C14H21N3O/c1-12(18)16-7-4-8-17(10-9-16)14-6-3-2-5-13(14)11-15/h2-3,5-6H,4,7-11,15H2,1H3. The Hall–Kier alpha value is -1.55. The Labute approximate surface area is 108 Å². The normalized spacial score (nSPS) is 16.6. The summed E-state index contributed by atoms with van der Waals surface area (Å²) in [6.07, 6.45) is 1.01. The van der Waals surface area contributed by atoms with Crippen LogP contribution in [-0.2, 0) is 11.3 Å². The molecular weight excluding hydrogens is 226 g/mol. The zero-order valence-electron chi connectivity index (χ0n) is 10.9. The predicted octanol–water partition coefficient (Wildman–Crippen LogP) is 1.20. The topological polar surface area (TPSA) is 49.6 Å². The van der Waals surface area contributed by atoms with E-state index in [1.54, 1.807) is 6.92 Å². The van der Waals surface area contributed by atoms with E-state index < -0.39 is 0 Å². The molecule has 0 unspecified atom stereocenters. The molecule has 0 aromatic heterocycles. The molecule has 1 fully saturated rings. The second-order valence-corrected chi connectivity index (χ2v) is 4.68. The second-order valence-electron chi connectivity index (χ2n) is 4.68. The van der Waals surface area contributed by atoms with Crippen LogP contribution in [0.4, 0.5) is 5.69 Å². The van der Waals surface area contributed by atoms with Crippen molar-refractivity contribution in [2.24, 2.45) is 5.73 Å². The second kappa shape index (κ2) is 5.87. The summed E-state index contributed by atoms with van der Waals surface area (Å²) < 4.78 is 0. The quantitative estimate of drug-likeness (QED) is 0.854. The lowest BCUT2D eigenvalue weighted by atomic mass is 10.1. The van der Waals surface area contributed by atoms with Gasteiger partial charge in [0.25, 0.3) is 0 Å². The summed E-state index contributed by atoms with van der Waals surface area (Å²) in [5, 5.41) is 0. The van der Waals surface area contributed by atoms with Gasteiger partial charge in [-0.3, -0.25) is 4.79 Å². The average Bonchev–Trinajstić information content (AvgIpc) is 2.64. The molecule has 2 N–H and O–H groups in total. The maximum atomic E-state index is 11.4. The van der Waals surface area contributed by atoms with E-state index in [0.717, 1.165) is 32.6 Å². The van der Waals surface area contributed by atoms with E-state index in [9.17, 15) is 4.79 Å². The van der Waals surface area contributed by atoms with Gasteiger partial charge in [-0.05, 0) is 18.1 Å². The minimum atomic E-state index is 0.170. The Bertz CT molecular complexity index is 419. The number of nitrogens with zero attached hydrogens (tertiary/aromatic N) is 2. The molecule has 4 heteroatoms. The van der Waals surface area contributed by atoms with E-state index in [-0.39, 0.29) is 5.91 Å². The summed E-state index contributed by atoms with van der Waals surface area (Å²) in [7, 11) is 0. The highest BCUT2D eigenvalue weighted by Gasteiger charge is 2.17. The zero-order valence-corrected chi connectivity index (χ0v) is 10.9. The maximum absolute atomic E-state index is 11.4. The Morgan fingerprint density at radius 2 is 2.00 bits per heavy atom. The Morgan fingerprint density at radius 1 is 1.22 bits per heavy atom. The number of hydrogen-bond donors (Lipinski definition) is 1. The van der Waals surface area contributed by atoms with Crippen molar-refractivity contribution in [1.82, 2.24) is 4.90 Å². The smallest absolute Gasteiger partial charge is 0.219 e. The van der Waals surface area contributed by atoms with E-state index in [2.05, 4.69) is 17.0 Å². The van der Waals surface area contributed by atoms with Gasteiger partial charge in [0, 0.05) is 45.3 Å². The number of nitrogens with two attached hydrogens (primary N) is 1. The third-order valence-electron chi connectivity index (χ3n) is 3.49. The fourth-order valence-electron chi connectivity index (χ4n) is 2.47. The third-order valence-corrected chi connectivity index (χ3v) is 3.49. The highest BCUT2D eigenvalue weighted by Crippen LogP contribution is 2.21. The molecule has 0 saturated carbocycles. The van der Waals surface area contributed by atoms with Crippen LogP contribution in [-0.4, -0.2) is 37.0 Å².